The second-order valence-electron chi connectivity index (χ2n) is 10.7. The number of ketones is 1. The fraction of sp³-hybridized carbons (Fsp3) is 0.593. The van der Waals surface area contributed by atoms with Crippen LogP contribution in [-0.4, -0.2) is 77.5 Å². The van der Waals surface area contributed by atoms with E-state index in [9.17, 15) is 14.4 Å². The van der Waals surface area contributed by atoms with Gasteiger partial charge in [0.05, 0.1) is 6.04 Å². The number of hydrogen-bond acceptors (Lipinski definition) is 10. The molecule has 1 atom stereocenters. The number of fused-ring (bicyclic) bond motifs is 1. The van der Waals surface area contributed by atoms with Gasteiger partial charge in [-0.25, -0.2) is 0 Å². The first-order valence-corrected chi connectivity index (χ1v) is 14.3. The minimum atomic E-state index is -1.14. The molecule has 1 aliphatic heterocycles. The van der Waals surface area contributed by atoms with E-state index in [0.29, 0.717) is 41.5 Å². The molecule has 2 heterocycles. The van der Waals surface area contributed by atoms with Crippen molar-refractivity contribution in [3.63, 3.8) is 0 Å². The van der Waals surface area contributed by atoms with Crippen LogP contribution in [0.4, 0.5) is 0 Å². The number of ether oxygens (including phenoxy) is 2. The molecule has 1 unspecified atom stereocenters. The number of thioether (sulfide) groups is 1. The van der Waals surface area contributed by atoms with E-state index >= 15 is 0 Å². The summed E-state index contributed by atoms with van der Waals surface area (Å²) in [4.78, 5) is 42.5. The molecule has 12 heteroatoms. The Morgan fingerprint density at radius 1 is 1.08 bits per heavy atom. The van der Waals surface area contributed by atoms with Crippen molar-refractivity contribution < 1.29 is 28.3 Å². The zero-order valence-corrected chi connectivity index (χ0v) is 23.8. The van der Waals surface area contributed by atoms with E-state index in [0.717, 1.165) is 31.6 Å². The number of nitrogens with zero attached hydrogens (tertiary/aromatic N) is 3. The van der Waals surface area contributed by atoms with Crippen LogP contribution in [0, 0.1) is 5.92 Å². The molecular formula is C27H37N5O6S. The molecule has 2 aromatic rings. The summed E-state index contributed by atoms with van der Waals surface area (Å²) < 4.78 is 16.4. The Balaban J connectivity index is 1.49. The number of aromatic nitrogens is 2. The SMILES string of the molecule is CC(C)CC(NC(=O)C1(NC(=O)c2ccc3c(c2)OCO3)CCCCC1)C(=O)c1nnc(SCCN(C)C)o1. The van der Waals surface area contributed by atoms with Crippen LogP contribution >= 0.6 is 11.8 Å². The normalized spacial score (nSPS) is 16.8. The van der Waals surface area contributed by atoms with E-state index in [1.165, 1.54) is 11.8 Å². The van der Waals surface area contributed by atoms with Gasteiger partial charge in [-0.1, -0.05) is 44.9 Å². The zero-order valence-electron chi connectivity index (χ0n) is 23.0. The third-order valence-corrected chi connectivity index (χ3v) is 7.64. The third kappa shape index (κ3) is 7.30. The highest BCUT2D eigenvalue weighted by Crippen LogP contribution is 2.34. The van der Waals surface area contributed by atoms with Gasteiger partial charge in [-0.2, -0.15) is 0 Å². The second-order valence-corrected chi connectivity index (χ2v) is 11.8. The monoisotopic (exact) mass is 559 g/mol. The van der Waals surface area contributed by atoms with Gasteiger partial charge in [0.1, 0.15) is 5.54 Å². The van der Waals surface area contributed by atoms with Gasteiger partial charge in [0.15, 0.2) is 11.5 Å². The molecule has 212 valence electrons. The van der Waals surface area contributed by atoms with Crippen molar-refractivity contribution in [3.05, 3.63) is 29.7 Å². The molecule has 1 aromatic carbocycles. The van der Waals surface area contributed by atoms with E-state index in [1.54, 1.807) is 18.2 Å². The molecule has 1 aliphatic carbocycles. The number of benzene rings is 1. The lowest BCUT2D eigenvalue weighted by Crippen LogP contribution is -2.62. The number of carbonyl (C=O) groups is 3. The summed E-state index contributed by atoms with van der Waals surface area (Å²) in [5.41, 5.74) is -0.763. The fourth-order valence-electron chi connectivity index (χ4n) is 4.72. The summed E-state index contributed by atoms with van der Waals surface area (Å²) in [6.07, 6.45) is 3.89. The Morgan fingerprint density at radius 2 is 1.82 bits per heavy atom. The number of hydrogen-bond donors (Lipinski definition) is 2. The molecule has 0 spiro atoms. The van der Waals surface area contributed by atoms with Crippen LogP contribution < -0.4 is 20.1 Å². The number of nitrogens with one attached hydrogen (secondary N) is 2. The first-order valence-electron chi connectivity index (χ1n) is 13.4. The Hall–Kier alpha value is -3.12. The van der Waals surface area contributed by atoms with Crippen molar-refractivity contribution in [2.75, 3.05) is 33.2 Å². The smallest absolute Gasteiger partial charge is 0.286 e. The fourth-order valence-corrected chi connectivity index (χ4v) is 5.59. The second kappa shape index (κ2) is 12.8. The van der Waals surface area contributed by atoms with Crippen molar-refractivity contribution in [1.82, 2.24) is 25.7 Å². The first kappa shape index (κ1) is 28.9. The average molecular weight is 560 g/mol. The quantitative estimate of drug-likeness (QED) is 0.294. The molecule has 2 amide bonds. The minimum absolute atomic E-state index is 0.105. The summed E-state index contributed by atoms with van der Waals surface area (Å²) in [6.45, 7) is 4.87. The van der Waals surface area contributed by atoms with Crippen LogP contribution in [0.2, 0.25) is 0 Å². The molecule has 1 fully saturated rings. The average Bonchev–Trinajstić information content (AvgIpc) is 3.57. The number of rotatable bonds is 12. The molecule has 39 heavy (non-hydrogen) atoms. The Labute approximate surface area is 232 Å². The van der Waals surface area contributed by atoms with Crippen molar-refractivity contribution in [2.24, 2.45) is 5.92 Å². The van der Waals surface area contributed by atoms with Crippen LogP contribution in [0.1, 0.15) is 73.4 Å². The van der Waals surface area contributed by atoms with Crippen LogP contribution in [-0.2, 0) is 4.79 Å². The third-order valence-electron chi connectivity index (χ3n) is 6.84. The number of amides is 2. The summed E-state index contributed by atoms with van der Waals surface area (Å²) in [6, 6.07) is 4.07. The molecule has 2 aliphatic rings. The van der Waals surface area contributed by atoms with Crippen molar-refractivity contribution >= 4 is 29.4 Å². The molecule has 2 N–H and O–H groups in total. The predicted octanol–water partition coefficient (Wildman–Crippen LogP) is 3.30. The molecule has 0 saturated heterocycles. The Kier molecular flexibility index (Phi) is 9.49. The van der Waals surface area contributed by atoms with Gasteiger partial charge in [0.25, 0.3) is 17.0 Å². The molecule has 1 aromatic heterocycles. The highest BCUT2D eigenvalue weighted by atomic mass is 32.2. The van der Waals surface area contributed by atoms with E-state index in [2.05, 4.69) is 20.8 Å². The first-order chi connectivity index (χ1) is 18.7. The highest BCUT2D eigenvalue weighted by Gasteiger charge is 2.43. The van der Waals surface area contributed by atoms with Gasteiger partial charge in [-0.05, 0) is 57.5 Å². The predicted molar refractivity (Wildman–Crippen MR) is 145 cm³/mol. The van der Waals surface area contributed by atoms with Crippen molar-refractivity contribution in [1.29, 1.82) is 0 Å². The van der Waals surface area contributed by atoms with Crippen LogP contribution in [0.5, 0.6) is 11.5 Å². The standard InChI is InChI=1S/C27H37N5O6S/c1-17(2)14-19(22(33)24-30-31-26(38-24)39-13-12-32(3)4)28-25(35)27(10-6-5-7-11-27)29-23(34)18-8-9-20-21(15-18)37-16-36-20/h8-9,15,17,19H,5-7,10-14,16H2,1-4H3,(H,28,35)(H,29,34). The molecule has 11 nitrogen and oxygen atoms in total. The van der Waals surface area contributed by atoms with Gasteiger partial charge in [-0.15, -0.1) is 10.2 Å². The maximum atomic E-state index is 13.8. The zero-order chi connectivity index (χ0) is 28.0. The summed E-state index contributed by atoms with van der Waals surface area (Å²) >= 11 is 1.37. The van der Waals surface area contributed by atoms with Gasteiger partial charge in [-0.3, -0.25) is 14.4 Å². The molecule has 1 saturated carbocycles. The Bertz CT molecular complexity index is 1180. The van der Waals surface area contributed by atoms with Crippen molar-refractivity contribution in [3.8, 4) is 11.5 Å². The van der Waals surface area contributed by atoms with Gasteiger partial charge < -0.3 is 29.4 Å². The van der Waals surface area contributed by atoms with E-state index in [-0.39, 0.29) is 30.4 Å². The largest absolute Gasteiger partial charge is 0.454 e. The lowest BCUT2D eigenvalue weighted by molar-refractivity contribution is -0.129. The number of Topliss-reactive ketones (excluding diaryl/α,β-unsaturated/α-hetero) is 1. The topological polar surface area (TPSA) is 136 Å². The summed E-state index contributed by atoms with van der Waals surface area (Å²) in [7, 11) is 3.94. The lowest BCUT2D eigenvalue weighted by Gasteiger charge is -2.37. The van der Waals surface area contributed by atoms with Gasteiger partial charge in [0.2, 0.25) is 18.5 Å². The van der Waals surface area contributed by atoms with Crippen LogP contribution in [0.15, 0.2) is 27.8 Å². The Morgan fingerprint density at radius 3 is 2.54 bits per heavy atom. The van der Waals surface area contributed by atoms with E-state index < -0.39 is 17.4 Å². The maximum Gasteiger partial charge on any atom is 0.286 e. The summed E-state index contributed by atoms with van der Waals surface area (Å²) in [5.74, 6) is 0.594. The minimum Gasteiger partial charge on any atom is -0.454 e. The molecule has 0 radical (unpaired) electrons. The van der Waals surface area contributed by atoms with E-state index in [1.807, 2.05) is 32.8 Å². The van der Waals surface area contributed by atoms with Crippen LogP contribution in [0.3, 0.4) is 0 Å². The molecule has 0 bridgehead atoms. The van der Waals surface area contributed by atoms with Crippen LogP contribution in [0.25, 0.3) is 0 Å². The number of carbonyl (C=O) groups excluding carboxylic acids is 3. The van der Waals surface area contributed by atoms with Crippen molar-refractivity contribution in [2.45, 2.75) is 69.2 Å². The van der Waals surface area contributed by atoms with E-state index in [4.69, 9.17) is 13.9 Å². The molecule has 4 rings (SSSR count). The van der Waals surface area contributed by atoms with Gasteiger partial charge >= 0.3 is 0 Å². The maximum absolute atomic E-state index is 13.8. The summed E-state index contributed by atoms with van der Waals surface area (Å²) in [5, 5.41) is 14.2. The lowest BCUT2D eigenvalue weighted by atomic mass is 9.80. The molecular weight excluding hydrogens is 522 g/mol. The highest BCUT2D eigenvalue weighted by molar-refractivity contribution is 7.99. The van der Waals surface area contributed by atoms with Gasteiger partial charge in [0, 0.05) is 17.9 Å².